The van der Waals surface area contributed by atoms with Crippen LogP contribution in [0.2, 0.25) is 10.0 Å². The van der Waals surface area contributed by atoms with Crippen LogP contribution in [-0.2, 0) is 4.79 Å². The lowest BCUT2D eigenvalue weighted by Gasteiger charge is -2.18. The van der Waals surface area contributed by atoms with Crippen LogP contribution in [0.3, 0.4) is 0 Å². The summed E-state index contributed by atoms with van der Waals surface area (Å²) in [6.07, 6.45) is -0.240. The number of benzene rings is 2. The molecule has 5 nitrogen and oxygen atoms in total. The molecular weight excluding hydrogens is 339 g/mol. The predicted octanol–water partition coefficient (Wildman–Crippen LogP) is 4.33. The molecule has 1 unspecified atom stereocenters. The minimum atomic E-state index is -1.02. The van der Waals surface area contributed by atoms with E-state index in [0.717, 1.165) is 0 Å². The van der Waals surface area contributed by atoms with E-state index in [-0.39, 0.29) is 6.42 Å². The zero-order valence-corrected chi connectivity index (χ0v) is 13.4. The highest BCUT2D eigenvalue weighted by molar-refractivity contribution is 6.30. The monoisotopic (exact) mass is 352 g/mol. The third-order valence-corrected chi connectivity index (χ3v) is 3.56. The van der Waals surface area contributed by atoms with Crippen molar-refractivity contribution in [3.8, 4) is 0 Å². The van der Waals surface area contributed by atoms with E-state index in [1.165, 1.54) is 0 Å². The number of carbonyl (C=O) groups excluding carboxylic acids is 1. The molecule has 2 aromatic rings. The van der Waals surface area contributed by atoms with Gasteiger partial charge in [0, 0.05) is 15.7 Å². The standard InChI is InChI=1S/C16H14Cl2N2O3/c17-11-3-1-10(2-4-11)14(9-15(21)22)20-16(23)19-13-7-5-12(18)6-8-13/h1-8,14H,9H2,(H,21,22)(H2,19,20,23). The van der Waals surface area contributed by atoms with Crippen molar-refractivity contribution in [2.24, 2.45) is 0 Å². The van der Waals surface area contributed by atoms with E-state index >= 15 is 0 Å². The van der Waals surface area contributed by atoms with Crippen molar-refractivity contribution >= 4 is 40.9 Å². The summed E-state index contributed by atoms with van der Waals surface area (Å²) in [6.45, 7) is 0. The van der Waals surface area contributed by atoms with Crippen LogP contribution >= 0.6 is 23.2 Å². The van der Waals surface area contributed by atoms with E-state index < -0.39 is 18.0 Å². The molecule has 0 saturated carbocycles. The number of carboxylic acids is 1. The van der Waals surface area contributed by atoms with Crippen LogP contribution in [0.1, 0.15) is 18.0 Å². The van der Waals surface area contributed by atoms with Gasteiger partial charge in [0.25, 0.3) is 0 Å². The normalized spacial score (nSPS) is 11.6. The van der Waals surface area contributed by atoms with Gasteiger partial charge in [0.05, 0.1) is 12.5 Å². The van der Waals surface area contributed by atoms with Gasteiger partial charge in [-0.2, -0.15) is 0 Å². The molecule has 2 amide bonds. The summed E-state index contributed by atoms with van der Waals surface area (Å²) in [7, 11) is 0. The highest BCUT2D eigenvalue weighted by Crippen LogP contribution is 2.20. The van der Waals surface area contributed by atoms with Gasteiger partial charge in [-0.15, -0.1) is 0 Å². The lowest BCUT2D eigenvalue weighted by molar-refractivity contribution is -0.137. The Kier molecular flexibility index (Phi) is 5.84. The average molecular weight is 353 g/mol. The number of hydrogen-bond acceptors (Lipinski definition) is 2. The molecule has 0 radical (unpaired) electrons. The van der Waals surface area contributed by atoms with Gasteiger partial charge in [-0.25, -0.2) is 4.79 Å². The van der Waals surface area contributed by atoms with Gasteiger partial charge in [0.1, 0.15) is 0 Å². The molecule has 0 aliphatic heterocycles. The molecule has 0 heterocycles. The molecule has 120 valence electrons. The lowest BCUT2D eigenvalue weighted by Crippen LogP contribution is -2.33. The predicted molar refractivity (Wildman–Crippen MR) is 90.1 cm³/mol. The van der Waals surface area contributed by atoms with Gasteiger partial charge in [-0.1, -0.05) is 35.3 Å². The summed E-state index contributed by atoms with van der Waals surface area (Å²) >= 11 is 11.6. The fourth-order valence-electron chi connectivity index (χ4n) is 1.98. The Morgan fingerprint density at radius 1 is 0.957 bits per heavy atom. The molecule has 0 fully saturated rings. The number of halogens is 2. The maximum absolute atomic E-state index is 12.1. The lowest BCUT2D eigenvalue weighted by atomic mass is 10.0. The molecule has 0 aliphatic carbocycles. The topological polar surface area (TPSA) is 78.4 Å². The largest absolute Gasteiger partial charge is 0.481 e. The zero-order valence-electron chi connectivity index (χ0n) is 11.9. The first kappa shape index (κ1) is 17.1. The molecule has 2 rings (SSSR count). The smallest absolute Gasteiger partial charge is 0.319 e. The van der Waals surface area contributed by atoms with Gasteiger partial charge < -0.3 is 15.7 Å². The minimum absolute atomic E-state index is 0.240. The van der Waals surface area contributed by atoms with E-state index in [0.29, 0.717) is 21.3 Å². The van der Waals surface area contributed by atoms with Crippen molar-refractivity contribution in [3.05, 3.63) is 64.1 Å². The molecule has 23 heavy (non-hydrogen) atoms. The summed E-state index contributed by atoms with van der Waals surface area (Å²) in [5, 5.41) is 15.4. The van der Waals surface area contributed by atoms with E-state index in [2.05, 4.69) is 10.6 Å². The third-order valence-electron chi connectivity index (χ3n) is 3.06. The number of carboxylic acid groups (broad SMARTS) is 1. The van der Waals surface area contributed by atoms with Gasteiger partial charge in [0.15, 0.2) is 0 Å². The van der Waals surface area contributed by atoms with Gasteiger partial charge in [-0.05, 0) is 42.0 Å². The van der Waals surface area contributed by atoms with Crippen LogP contribution < -0.4 is 10.6 Å². The molecule has 1 atom stereocenters. The van der Waals surface area contributed by atoms with Gasteiger partial charge >= 0.3 is 12.0 Å². The maximum atomic E-state index is 12.1. The Balaban J connectivity index is 2.07. The molecule has 0 saturated heterocycles. The Morgan fingerprint density at radius 2 is 1.48 bits per heavy atom. The van der Waals surface area contributed by atoms with E-state index in [1.54, 1.807) is 48.5 Å². The second kappa shape index (κ2) is 7.85. The van der Waals surface area contributed by atoms with E-state index in [1.807, 2.05) is 0 Å². The number of amides is 2. The van der Waals surface area contributed by atoms with Crippen molar-refractivity contribution in [1.29, 1.82) is 0 Å². The summed E-state index contributed by atoms with van der Waals surface area (Å²) in [5.41, 5.74) is 1.21. The van der Waals surface area contributed by atoms with Crippen LogP contribution in [0.15, 0.2) is 48.5 Å². The Labute approximate surface area is 143 Å². The van der Waals surface area contributed by atoms with E-state index in [4.69, 9.17) is 28.3 Å². The Hall–Kier alpha value is -2.24. The number of nitrogens with one attached hydrogen (secondary N) is 2. The number of hydrogen-bond donors (Lipinski definition) is 3. The first-order valence-corrected chi connectivity index (χ1v) is 7.50. The zero-order chi connectivity index (χ0) is 16.8. The third kappa shape index (κ3) is 5.47. The van der Waals surface area contributed by atoms with Crippen LogP contribution in [0.4, 0.5) is 10.5 Å². The molecule has 0 bridgehead atoms. The van der Waals surface area contributed by atoms with Crippen LogP contribution in [0.25, 0.3) is 0 Å². The van der Waals surface area contributed by atoms with Crippen molar-refractivity contribution in [1.82, 2.24) is 5.32 Å². The maximum Gasteiger partial charge on any atom is 0.319 e. The van der Waals surface area contributed by atoms with Crippen LogP contribution in [0.5, 0.6) is 0 Å². The number of anilines is 1. The molecule has 2 aromatic carbocycles. The Bertz CT molecular complexity index is 687. The summed E-state index contributed by atoms with van der Waals surface area (Å²) in [5.74, 6) is -1.02. The van der Waals surface area contributed by atoms with Crippen LogP contribution in [0, 0.1) is 0 Å². The molecule has 3 N–H and O–H groups in total. The van der Waals surface area contributed by atoms with Gasteiger partial charge in [-0.3, -0.25) is 4.79 Å². The first-order valence-electron chi connectivity index (χ1n) is 6.74. The van der Waals surface area contributed by atoms with Crippen LogP contribution in [-0.4, -0.2) is 17.1 Å². The minimum Gasteiger partial charge on any atom is -0.481 e. The highest BCUT2D eigenvalue weighted by Gasteiger charge is 2.18. The Morgan fingerprint density at radius 3 is 2.00 bits per heavy atom. The summed E-state index contributed by atoms with van der Waals surface area (Å²) in [4.78, 5) is 23.1. The molecular formula is C16H14Cl2N2O3. The SMILES string of the molecule is O=C(O)CC(NC(=O)Nc1ccc(Cl)cc1)c1ccc(Cl)cc1. The van der Waals surface area contributed by atoms with Crippen molar-refractivity contribution in [2.45, 2.75) is 12.5 Å². The molecule has 0 spiro atoms. The quantitative estimate of drug-likeness (QED) is 0.749. The second-order valence-corrected chi connectivity index (χ2v) is 5.68. The van der Waals surface area contributed by atoms with Gasteiger partial charge in [0.2, 0.25) is 0 Å². The summed E-state index contributed by atoms with van der Waals surface area (Å²) < 4.78 is 0. The number of urea groups is 1. The fourth-order valence-corrected chi connectivity index (χ4v) is 2.23. The highest BCUT2D eigenvalue weighted by atomic mass is 35.5. The summed E-state index contributed by atoms with van der Waals surface area (Å²) in [6, 6.07) is 12.1. The molecule has 7 heteroatoms. The molecule has 0 aliphatic rings. The molecule has 0 aromatic heterocycles. The second-order valence-electron chi connectivity index (χ2n) is 4.81. The number of aliphatic carboxylic acids is 1. The number of rotatable bonds is 5. The fraction of sp³-hybridized carbons (Fsp3) is 0.125. The average Bonchev–Trinajstić information content (AvgIpc) is 2.49. The number of carbonyl (C=O) groups is 2. The van der Waals surface area contributed by atoms with E-state index in [9.17, 15) is 9.59 Å². The van der Waals surface area contributed by atoms with Crippen molar-refractivity contribution < 1.29 is 14.7 Å². The van der Waals surface area contributed by atoms with Crippen molar-refractivity contribution in [2.75, 3.05) is 5.32 Å². The first-order chi connectivity index (χ1) is 10.9. The van der Waals surface area contributed by atoms with Crippen molar-refractivity contribution in [3.63, 3.8) is 0 Å².